The Balaban J connectivity index is 1.35. The number of unbranched alkanes of at least 4 members (excludes halogenated alkanes) is 11. The van der Waals surface area contributed by atoms with Gasteiger partial charge in [-0.1, -0.05) is 65.2 Å². The minimum absolute atomic E-state index is 1.16. The average molecular weight is 417 g/mol. The predicted molar refractivity (Wildman–Crippen MR) is 125 cm³/mol. The van der Waals surface area contributed by atoms with Gasteiger partial charge in [-0.3, -0.25) is 0 Å². The van der Waals surface area contributed by atoms with Gasteiger partial charge in [0.2, 0.25) is 12.7 Å². The summed E-state index contributed by atoms with van der Waals surface area (Å²) in [6.45, 7) is 9.19. The second kappa shape index (κ2) is 16.2. The Kier molecular flexibility index (Phi) is 13.3. The third-order valence-electron chi connectivity index (χ3n) is 6.11. The summed E-state index contributed by atoms with van der Waals surface area (Å²) in [6.07, 6.45) is 32.4. The van der Waals surface area contributed by atoms with Crippen molar-refractivity contribution >= 4 is 0 Å². The number of nitrogens with zero attached hydrogens (tertiary/aromatic N) is 4. The van der Waals surface area contributed by atoms with E-state index < -0.39 is 0 Å². The number of rotatable bonds is 19. The second-order valence-electron chi connectivity index (χ2n) is 9.02. The SMILES string of the molecule is CCCCn1cc[n+](CCCCCCCCCCCC[n+]2ccn(CCCC)c2)c1. The van der Waals surface area contributed by atoms with Crippen LogP contribution in [0.4, 0.5) is 0 Å². The molecule has 2 rings (SSSR count). The smallest absolute Gasteiger partial charge is 0.237 e. The normalized spacial score (nSPS) is 11.4. The van der Waals surface area contributed by atoms with E-state index in [0.29, 0.717) is 0 Å². The highest BCUT2D eigenvalue weighted by atomic mass is 15.1. The molecule has 0 aliphatic heterocycles. The number of hydrogen-bond donors (Lipinski definition) is 0. The zero-order chi connectivity index (χ0) is 21.3. The van der Waals surface area contributed by atoms with Crippen LogP contribution in [0.1, 0.15) is 104 Å². The number of aromatic nitrogens is 4. The van der Waals surface area contributed by atoms with Gasteiger partial charge in [-0.15, -0.1) is 0 Å². The van der Waals surface area contributed by atoms with Crippen LogP contribution in [0.3, 0.4) is 0 Å². The molecule has 0 radical (unpaired) electrons. The van der Waals surface area contributed by atoms with Crippen LogP contribution in [0.2, 0.25) is 0 Å². The van der Waals surface area contributed by atoms with Crippen molar-refractivity contribution in [2.24, 2.45) is 0 Å². The fourth-order valence-corrected chi connectivity index (χ4v) is 4.09. The Bertz CT molecular complexity index is 587. The third kappa shape index (κ3) is 11.0. The Morgan fingerprint density at radius 1 is 0.500 bits per heavy atom. The van der Waals surface area contributed by atoms with Crippen LogP contribution in [0.5, 0.6) is 0 Å². The van der Waals surface area contributed by atoms with Gasteiger partial charge in [-0.05, 0) is 38.5 Å². The summed E-state index contributed by atoms with van der Waals surface area (Å²) in [5, 5.41) is 0. The van der Waals surface area contributed by atoms with Crippen LogP contribution in [-0.2, 0) is 26.2 Å². The molecule has 2 aromatic rings. The number of imidazole rings is 2. The van der Waals surface area contributed by atoms with Crippen molar-refractivity contribution in [1.29, 1.82) is 0 Å². The summed E-state index contributed by atoms with van der Waals surface area (Å²) in [7, 11) is 0. The summed E-state index contributed by atoms with van der Waals surface area (Å²) < 4.78 is 9.36. The van der Waals surface area contributed by atoms with E-state index in [9.17, 15) is 0 Å². The lowest BCUT2D eigenvalue weighted by molar-refractivity contribution is -0.697. The molecule has 0 saturated heterocycles. The Labute approximate surface area is 185 Å². The Hall–Kier alpha value is -1.58. The van der Waals surface area contributed by atoms with Gasteiger partial charge in [0.25, 0.3) is 0 Å². The molecule has 0 aromatic carbocycles. The van der Waals surface area contributed by atoms with Gasteiger partial charge in [0.05, 0.1) is 26.2 Å². The molecule has 0 saturated carbocycles. The van der Waals surface area contributed by atoms with E-state index >= 15 is 0 Å². The molecule has 0 spiro atoms. The lowest BCUT2D eigenvalue weighted by Crippen LogP contribution is -2.30. The van der Waals surface area contributed by atoms with Crippen molar-refractivity contribution in [3.63, 3.8) is 0 Å². The summed E-state index contributed by atoms with van der Waals surface area (Å²) in [4.78, 5) is 0. The van der Waals surface area contributed by atoms with Gasteiger partial charge in [-0.25, -0.2) is 18.3 Å². The molecular weight excluding hydrogens is 368 g/mol. The summed E-state index contributed by atoms with van der Waals surface area (Å²) in [6, 6.07) is 0. The van der Waals surface area contributed by atoms with E-state index in [1.54, 1.807) is 0 Å². The minimum Gasteiger partial charge on any atom is -0.237 e. The van der Waals surface area contributed by atoms with Crippen LogP contribution < -0.4 is 9.13 Å². The minimum atomic E-state index is 1.16. The van der Waals surface area contributed by atoms with Crippen molar-refractivity contribution in [2.45, 2.75) is 130 Å². The first-order valence-electron chi connectivity index (χ1n) is 12.9. The highest BCUT2D eigenvalue weighted by Gasteiger charge is 2.04. The summed E-state index contributed by atoms with van der Waals surface area (Å²) >= 11 is 0. The molecule has 0 bridgehead atoms. The molecule has 0 amide bonds. The zero-order valence-corrected chi connectivity index (χ0v) is 20.0. The lowest BCUT2D eigenvalue weighted by Gasteiger charge is -2.02. The van der Waals surface area contributed by atoms with Crippen LogP contribution >= 0.6 is 0 Å². The van der Waals surface area contributed by atoms with Gasteiger partial charge in [-0.2, -0.15) is 0 Å². The van der Waals surface area contributed by atoms with Gasteiger partial charge in [0.1, 0.15) is 24.8 Å². The zero-order valence-electron chi connectivity index (χ0n) is 20.0. The molecule has 170 valence electrons. The first-order chi connectivity index (χ1) is 14.8. The standard InChI is InChI=1S/C26H48N4/c1-3-5-17-27-21-23-29(25-27)19-15-13-11-9-7-8-10-12-14-16-20-30-24-22-28(26-30)18-6-4-2/h21-26H,3-20H2,1-2H3/q+2. The average Bonchev–Trinajstić information content (AvgIpc) is 3.41. The molecule has 0 atom stereocenters. The maximum Gasteiger partial charge on any atom is 0.243 e. The first kappa shape index (κ1) is 24.7. The van der Waals surface area contributed by atoms with E-state index in [1.165, 1.54) is 103 Å². The molecule has 4 heteroatoms. The predicted octanol–water partition coefficient (Wildman–Crippen LogP) is 6.07. The van der Waals surface area contributed by atoms with E-state index in [4.69, 9.17) is 0 Å². The van der Waals surface area contributed by atoms with Gasteiger partial charge >= 0.3 is 0 Å². The van der Waals surface area contributed by atoms with E-state index in [-0.39, 0.29) is 0 Å². The lowest BCUT2D eigenvalue weighted by atomic mass is 10.1. The van der Waals surface area contributed by atoms with Gasteiger partial charge < -0.3 is 0 Å². The topological polar surface area (TPSA) is 17.6 Å². The van der Waals surface area contributed by atoms with Crippen LogP contribution in [0.25, 0.3) is 0 Å². The van der Waals surface area contributed by atoms with Crippen molar-refractivity contribution in [3.05, 3.63) is 37.4 Å². The van der Waals surface area contributed by atoms with E-state index in [2.05, 4.69) is 69.6 Å². The summed E-state index contributed by atoms with van der Waals surface area (Å²) in [5.74, 6) is 0. The van der Waals surface area contributed by atoms with Crippen LogP contribution in [0.15, 0.2) is 37.4 Å². The fourth-order valence-electron chi connectivity index (χ4n) is 4.09. The van der Waals surface area contributed by atoms with Crippen LogP contribution in [0, 0.1) is 0 Å². The molecule has 30 heavy (non-hydrogen) atoms. The molecular formula is C26H48N4+2. The molecule has 0 aliphatic rings. The van der Waals surface area contributed by atoms with Crippen LogP contribution in [-0.4, -0.2) is 9.13 Å². The quantitative estimate of drug-likeness (QED) is 0.195. The van der Waals surface area contributed by atoms with E-state index in [0.717, 1.165) is 13.1 Å². The third-order valence-corrected chi connectivity index (χ3v) is 6.11. The number of hydrogen-bond acceptors (Lipinski definition) is 0. The van der Waals surface area contributed by atoms with Gasteiger partial charge in [0.15, 0.2) is 0 Å². The molecule has 0 aliphatic carbocycles. The molecule has 2 aromatic heterocycles. The van der Waals surface area contributed by atoms with Crippen molar-refractivity contribution < 1.29 is 9.13 Å². The van der Waals surface area contributed by atoms with E-state index in [1.807, 2.05) is 0 Å². The van der Waals surface area contributed by atoms with Crippen molar-refractivity contribution in [2.75, 3.05) is 0 Å². The molecule has 4 nitrogen and oxygen atoms in total. The largest absolute Gasteiger partial charge is 0.243 e. The highest BCUT2D eigenvalue weighted by Crippen LogP contribution is 2.10. The Morgan fingerprint density at radius 3 is 1.23 bits per heavy atom. The summed E-state index contributed by atoms with van der Waals surface area (Å²) in [5.41, 5.74) is 0. The first-order valence-corrected chi connectivity index (χ1v) is 12.9. The maximum atomic E-state index is 2.36. The monoisotopic (exact) mass is 416 g/mol. The number of aryl methyl sites for hydroxylation is 4. The molecule has 2 heterocycles. The van der Waals surface area contributed by atoms with Crippen molar-refractivity contribution in [1.82, 2.24) is 9.13 Å². The molecule has 0 unspecified atom stereocenters. The highest BCUT2D eigenvalue weighted by molar-refractivity contribution is 4.66. The Morgan fingerprint density at radius 2 is 0.867 bits per heavy atom. The van der Waals surface area contributed by atoms with Crippen molar-refractivity contribution in [3.8, 4) is 0 Å². The van der Waals surface area contributed by atoms with Gasteiger partial charge in [0, 0.05) is 0 Å². The molecule has 0 fully saturated rings. The fraction of sp³-hybridized carbons (Fsp3) is 0.769. The second-order valence-corrected chi connectivity index (χ2v) is 9.02. The molecule has 0 N–H and O–H groups in total. The maximum absolute atomic E-state index is 2.36.